The van der Waals surface area contributed by atoms with Gasteiger partial charge in [-0.15, -0.1) is 0 Å². The summed E-state index contributed by atoms with van der Waals surface area (Å²) >= 11 is 11.9. The summed E-state index contributed by atoms with van der Waals surface area (Å²) in [5, 5.41) is 0.0175. The van der Waals surface area contributed by atoms with Crippen LogP contribution in [0.3, 0.4) is 0 Å². The van der Waals surface area contributed by atoms with Gasteiger partial charge in [0.05, 0.1) is 16.1 Å². The average Bonchev–Trinajstić information content (AvgIpc) is 2.73. The number of anilines is 1. The number of benzene rings is 1. The van der Waals surface area contributed by atoms with Gasteiger partial charge in [0.25, 0.3) is 0 Å². The number of halogens is 2. The molecule has 0 spiro atoms. The molecule has 0 aliphatic heterocycles. The summed E-state index contributed by atoms with van der Waals surface area (Å²) in [6.45, 7) is 0. The van der Waals surface area contributed by atoms with Gasteiger partial charge >= 0.3 is 0 Å². The third kappa shape index (κ3) is 3.20. The number of hydrogen-bond donors (Lipinski definition) is 2. The van der Waals surface area contributed by atoms with Crippen LogP contribution >= 0.6 is 23.2 Å². The summed E-state index contributed by atoms with van der Waals surface area (Å²) in [5.74, 6) is 0. The number of nitrogen functional groups attached to an aromatic ring is 1. The molecular formula is C12H16Cl2N2O3S. The van der Waals surface area contributed by atoms with Gasteiger partial charge in [-0.1, -0.05) is 23.2 Å². The van der Waals surface area contributed by atoms with Gasteiger partial charge in [-0.25, -0.2) is 13.1 Å². The molecule has 1 aromatic rings. The number of ether oxygens (including phenoxy) is 1. The van der Waals surface area contributed by atoms with Gasteiger partial charge in [-0.2, -0.15) is 0 Å². The predicted molar refractivity (Wildman–Crippen MR) is 79.6 cm³/mol. The number of hydrogen-bond acceptors (Lipinski definition) is 4. The minimum absolute atomic E-state index is 0.00876. The standard InChI is InChI=1S/C12H16Cl2N2O3S/c1-19-11-4-2-3-10(11)16-20(17,18)12-8(13)5-7(15)6-9(12)14/h5-6,10-11,16H,2-4,15H2,1H3. The van der Waals surface area contributed by atoms with Crippen molar-refractivity contribution in [2.75, 3.05) is 12.8 Å². The molecule has 0 amide bonds. The maximum atomic E-state index is 12.4. The highest BCUT2D eigenvalue weighted by molar-refractivity contribution is 7.89. The van der Waals surface area contributed by atoms with Crippen LogP contribution in [0.25, 0.3) is 0 Å². The molecule has 2 unspecified atom stereocenters. The van der Waals surface area contributed by atoms with Gasteiger partial charge in [0.15, 0.2) is 0 Å². The van der Waals surface area contributed by atoms with Gasteiger partial charge in [-0.3, -0.25) is 0 Å². The third-order valence-electron chi connectivity index (χ3n) is 3.35. The van der Waals surface area contributed by atoms with Gasteiger partial charge in [0.1, 0.15) is 4.90 Å². The average molecular weight is 339 g/mol. The molecule has 0 saturated heterocycles. The summed E-state index contributed by atoms with van der Waals surface area (Å²) in [5.41, 5.74) is 5.89. The van der Waals surface area contributed by atoms with Crippen molar-refractivity contribution >= 4 is 38.9 Å². The second-order valence-electron chi connectivity index (χ2n) is 4.75. The molecule has 1 fully saturated rings. The van der Waals surface area contributed by atoms with Crippen LogP contribution < -0.4 is 10.5 Å². The highest BCUT2D eigenvalue weighted by Gasteiger charge is 2.33. The quantitative estimate of drug-likeness (QED) is 0.826. The molecule has 1 aliphatic rings. The number of methoxy groups -OCH3 is 1. The Morgan fingerprint density at radius 2 is 1.90 bits per heavy atom. The Bertz CT molecular complexity index is 584. The van der Waals surface area contributed by atoms with E-state index >= 15 is 0 Å². The Kier molecular flexibility index (Phi) is 4.81. The van der Waals surface area contributed by atoms with Gasteiger partial charge < -0.3 is 10.5 Å². The number of sulfonamides is 1. The molecular weight excluding hydrogens is 323 g/mol. The maximum absolute atomic E-state index is 12.4. The minimum atomic E-state index is -3.81. The van der Waals surface area contributed by atoms with E-state index in [1.54, 1.807) is 7.11 Å². The summed E-state index contributed by atoms with van der Waals surface area (Å²) in [4.78, 5) is -0.142. The first-order valence-electron chi connectivity index (χ1n) is 6.15. The fraction of sp³-hybridized carbons (Fsp3) is 0.500. The van der Waals surface area contributed by atoms with Gasteiger partial charge in [0.2, 0.25) is 10.0 Å². The van der Waals surface area contributed by atoms with Crippen LogP contribution in [-0.4, -0.2) is 27.7 Å². The molecule has 0 bridgehead atoms. The normalized spacial score (nSPS) is 23.1. The van der Waals surface area contributed by atoms with E-state index in [-0.39, 0.29) is 27.1 Å². The first-order valence-corrected chi connectivity index (χ1v) is 8.38. The lowest BCUT2D eigenvalue weighted by molar-refractivity contribution is 0.0916. The zero-order valence-electron chi connectivity index (χ0n) is 10.9. The highest BCUT2D eigenvalue weighted by Crippen LogP contribution is 2.33. The smallest absolute Gasteiger partial charge is 0.243 e. The van der Waals surface area contributed by atoms with Crippen molar-refractivity contribution in [3.63, 3.8) is 0 Å². The molecule has 1 aromatic carbocycles. The van der Waals surface area contributed by atoms with Gasteiger partial charge in [0, 0.05) is 18.8 Å². The molecule has 5 nitrogen and oxygen atoms in total. The fourth-order valence-electron chi connectivity index (χ4n) is 2.44. The van der Waals surface area contributed by atoms with E-state index in [9.17, 15) is 8.42 Å². The number of nitrogens with two attached hydrogens (primary N) is 1. The Morgan fingerprint density at radius 3 is 2.45 bits per heavy atom. The highest BCUT2D eigenvalue weighted by atomic mass is 35.5. The van der Waals surface area contributed by atoms with Gasteiger partial charge in [-0.05, 0) is 31.4 Å². The molecule has 1 saturated carbocycles. The summed E-state index contributed by atoms with van der Waals surface area (Å²) in [6.07, 6.45) is 2.33. The fourth-order valence-corrected chi connectivity index (χ4v) is 4.97. The number of nitrogens with one attached hydrogen (secondary N) is 1. The van der Waals surface area contributed by atoms with Crippen LogP contribution in [0.2, 0.25) is 10.0 Å². The van der Waals surface area contributed by atoms with Crippen molar-refractivity contribution in [2.24, 2.45) is 0 Å². The van der Waals surface area contributed by atoms with Crippen LogP contribution in [0, 0.1) is 0 Å². The molecule has 8 heteroatoms. The maximum Gasteiger partial charge on any atom is 0.243 e. The van der Waals surface area contributed by atoms with Crippen molar-refractivity contribution in [1.29, 1.82) is 0 Å². The summed E-state index contributed by atoms with van der Waals surface area (Å²) in [7, 11) is -2.24. The summed E-state index contributed by atoms with van der Waals surface area (Å²) < 4.78 is 32.7. The van der Waals surface area contributed by atoms with E-state index in [1.165, 1.54) is 12.1 Å². The molecule has 0 heterocycles. The van der Waals surface area contributed by atoms with Crippen LogP contribution in [0.5, 0.6) is 0 Å². The minimum Gasteiger partial charge on any atom is -0.399 e. The second kappa shape index (κ2) is 6.07. The van der Waals surface area contributed by atoms with Crippen molar-refractivity contribution in [2.45, 2.75) is 36.3 Å². The van der Waals surface area contributed by atoms with Crippen molar-refractivity contribution in [3.05, 3.63) is 22.2 Å². The third-order valence-corrected chi connectivity index (χ3v) is 5.76. The molecule has 112 valence electrons. The van der Waals surface area contributed by atoms with Crippen LogP contribution in [0.1, 0.15) is 19.3 Å². The molecule has 0 radical (unpaired) electrons. The Balaban J connectivity index is 2.32. The number of rotatable bonds is 4. The first-order chi connectivity index (χ1) is 9.35. The van der Waals surface area contributed by atoms with Crippen LogP contribution in [-0.2, 0) is 14.8 Å². The second-order valence-corrected chi connectivity index (χ2v) is 7.21. The monoisotopic (exact) mass is 338 g/mol. The Hall–Kier alpha value is -0.530. The zero-order valence-corrected chi connectivity index (χ0v) is 13.2. The Morgan fingerprint density at radius 1 is 1.30 bits per heavy atom. The topological polar surface area (TPSA) is 81.4 Å². The lowest BCUT2D eigenvalue weighted by atomic mass is 10.2. The van der Waals surface area contributed by atoms with Crippen molar-refractivity contribution in [1.82, 2.24) is 4.72 Å². The Labute approximate surface area is 128 Å². The molecule has 2 rings (SSSR count). The van der Waals surface area contributed by atoms with Crippen molar-refractivity contribution in [3.8, 4) is 0 Å². The molecule has 2 atom stereocenters. The SMILES string of the molecule is COC1CCCC1NS(=O)(=O)c1c(Cl)cc(N)cc1Cl. The molecule has 20 heavy (non-hydrogen) atoms. The largest absolute Gasteiger partial charge is 0.399 e. The van der Waals surface area contributed by atoms with E-state index in [1.807, 2.05) is 0 Å². The predicted octanol–water partition coefficient (Wildman–Crippen LogP) is 2.42. The first kappa shape index (κ1) is 15.9. The summed E-state index contributed by atoms with van der Waals surface area (Å²) in [6, 6.07) is 2.46. The van der Waals surface area contributed by atoms with Crippen LogP contribution in [0.15, 0.2) is 17.0 Å². The molecule has 3 N–H and O–H groups in total. The van der Waals surface area contributed by atoms with E-state index in [2.05, 4.69) is 4.72 Å². The van der Waals surface area contributed by atoms with E-state index in [0.29, 0.717) is 5.69 Å². The van der Waals surface area contributed by atoms with Crippen molar-refractivity contribution < 1.29 is 13.2 Å². The van der Waals surface area contributed by atoms with Crippen LogP contribution in [0.4, 0.5) is 5.69 Å². The van der Waals surface area contributed by atoms with E-state index in [4.69, 9.17) is 33.7 Å². The lowest BCUT2D eigenvalue weighted by Gasteiger charge is -2.20. The lowest BCUT2D eigenvalue weighted by Crippen LogP contribution is -2.40. The van der Waals surface area contributed by atoms with E-state index in [0.717, 1.165) is 19.3 Å². The molecule has 0 aromatic heterocycles. The zero-order chi connectivity index (χ0) is 14.9. The molecule has 1 aliphatic carbocycles. The van der Waals surface area contributed by atoms with E-state index < -0.39 is 10.0 Å².